The number of carbonyl (C=O) groups is 1. The first-order chi connectivity index (χ1) is 5.70. The van der Waals surface area contributed by atoms with Crippen LogP contribution in [0.3, 0.4) is 0 Å². The van der Waals surface area contributed by atoms with Crippen molar-refractivity contribution >= 4 is 18.4 Å². The van der Waals surface area contributed by atoms with Crippen LogP contribution < -0.4 is 5.32 Å². The molecule has 0 aromatic rings. The lowest BCUT2D eigenvalue weighted by Gasteiger charge is -2.23. The van der Waals surface area contributed by atoms with Crippen molar-refractivity contribution < 1.29 is 15.0 Å². The molecule has 0 saturated carbocycles. The van der Waals surface area contributed by atoms with Crippen molar-refractivity contribution in [2.24, 2.45) is 5.92 Å². The summed E-state index contributed by atoms with van der Waals surface area (Å²) in [4.78, 5) is 10.3. The maximum atomic E-state index is 10.3. The Balaban J connectivity index is 0.00000144. The Bertz CT molecular complexity index is 159. The Kier molecular flexibility index (Phi) is 6.03. The third kappa shape index (κ3) is 4.45. The van der Waals surface area contributed by atoms with Crippen LogP contribution in [0.5, 0.6) is 0 Å². The number of halogens is 1. The van der Waals surface area contributed by atoms with Gasteiger partial charge in [0, 0.05) is 0 Å². The molecular formula is C8H16ClNO3. The quantitative estimate of drug-likeness (QED) is 0.623. The topological polar surface area (TPSA) is 69.6 Å². The van der Waals surface area contributed by atoms with Gasteiger partial charge < -0.3 is 15.5 Å². The zero-order valence-corrected chi connectivity index (χ0v) is 8.22. The summed E-state index contributed by atoms with van der Waals surface area (Å²) in [5.74, 6) is -0.731. The minimum absolute atomic E-state index is 0. The first-order valence-corrected chi connectivity index (χ1v) is 4.31. The normalized spacial score (nSPS) is 20.4. The molecule has 13 heavy (non-hydrogen) atoms. The minimum Gasteiger partial charge on any atom is -0.479 e. The fraction of sp³-hybridized carbons (Fsp3) is 0.875. The van der Waals surface area contributed by atoms with Crippen LogP contribution in [0.1, 0.15) is 19.3 Å². The van der Waals surface area contributed by atoms with Gasteiger partial charge in [-0.3, -0.25) is 0 Å². The number of rotatable bonds is 3. The third-order valence-corrected chi connectivity index (χ3v) is 2.30. The fourth-order valence-electron chi connectivity index (χ4n) is 1.53. The summed E-state index contributed by atoms with van der Waals surface area (Å²) in [6.45, 7) is 1.88. The van der Waals surface area contributed by atoms with Crippen molar-refractivity contribution in [2.75, 3.05) is 13.1 Å². The molecule has 78 valence electrons. The molecule has 3 N–H and O–H groups in total. The third-order valence-electron chi connectivity index (χ3n) is 2.30. The number of hydrogen-bond acceptors (Lipinski definition) is 3. The van der Waals surface area contributed by atoms with Gasteiger partial charge in [0.1, 0.15) is 0 Å². The van der Waals surface area contributed by atoms with E-state index in [0.717, 1.165) is 25.9 Å². The number of aliphatic hydroxyl groups excluding tert-OH is 1. The molecule has 1 aliphatic heterocycles. The number of nitrogens with one attached hydrogen (secondary N) is 1. The Morgan fingerprint density at radius 3 is 2.46 bits per heavy atom. The number of hydrogen-bond donors (Lipinski definition) is 3. The summed E-state index contributed by atoms with van der Waals surface area (Å²) < 4.78 is 0. The standard InChI is InChI=1S/C8H15NO3.ClH/c10-7(8(11)12)5-6-1-3-9-4-2-6;/h6-7,9-10H,1-5H2,(H,11,12);1H. The van der Waals surface area contributed by atoms with Crippen LogP contribution in [0.2, 0.25) is 0 Å². The van der Waals surface area contributed by atoms with Crippen molar-refractivity contribution in [3.8, 4) is 0 Å². The highest BCUT2D eigenvalue weighted by Crippen LogP contribution is 2.17. The summed E-state index contributed by atoms with van der Waals surface area (Å²) in [5.41, 5.74) is 0. The summed E-state index contributed by atoms with van der Waals surface area (Å²) in [6, 6.07) is 0. The molecular weight excluding hydrogens is 194 g/mol. The van der Waals surface area contributed by atoms with E-state index in [-0.39, 0.29) is 12.4 Å². The highest BCUT2D eigenvalue weighted by Gasteiger charge is 2.21. The molecule has 0 aromatic heterocycles. The Morgan fingerprint density at radius 1 is 1.46 bits per heavy atom. The van der Waals surface area contributed by atoms with Crippen LogP contribution in [-0.2, 0) is 4.79 Å². The molecule has 1 rings (SSSR count). The first kappa shape index (κ1) is 12.7. The Labute approximate surface area is 83.7 Å². The van der Waals surface area contributed by atoms with Crippen molar-refractivity contribution in [1.82, 2.24) is 5.32 Å². The molecule has 1 saturated heterocycles. The molecule has 1 unspecified atom stereocenters. The lowest BCUT2D eigenvalue weighted by molar-refractivity contribution is -0.147. The van der Waals surface area contributed by atoms with E-state index >= 15 is 0 Å². The molecule has 4 nitrogen and oxygen atoms in total. The Morgan fingerprint density at radius 2 is 2.00 bits per heavy atom. The highest BCUT2D eigenvalue weighted by atomic mass is 35.5. The molecule has 1 aliphatic rings. The lowest BCUT2D eigenvalue weighted by Crippen LogP contribution is -2.31. The van der Waals surface area contributed by atoms with E-state index in [0.29, 0.717) is 12.3 Å². The number of piperidine rings is 1. The van der Waals surface area contributed by atoms with Gasteiger partial charge in [0.2, 0.25) is 0 Å². The van der Waals surface area contributed by atoms with Gasteiger partial charge in [0.25, 0.3) is 0 Å². The molecule has 0 aromatic carbocycles. The molecule has 0 spiro atoms. The van der Waals surface area contributed by atoms with E-state index in [2.05, 4.69) is 5.32 Å². The molecule has 1 atom stereocenters. The fourth-order valence-corrected chi connectivity index (χ4v) is 1.53. The summed E-state index contributed by atoms with van der Waals surface area (Å²) in [5, 5.41) is 20.7. The van der Waals surface area contributed by atoms with Gasteiger partial charge in [-0.2, -0.15) is 0 Å². The predicted molar refractivity (Wildman–Crippen MR) is 51.1 cm³/mol. The molecule has 0 aliphatic carbocycles. The van der Waals surface area contributed by atoms with Crippen LogP contribution in [0, 0.1) is 5.92 Å². The maximum absolute atomic E-state index is 10.3. The van der Waals surface area contributed by atoms with Crippen LogP contribution in [0.4, 0.5) is 0 Å². The van der Waals surface area contributed by atoms with Gasteiger partial charge in [-0.1, -0.05) is 0 Å². The Hall–Kier alpha value is -0.320. The van der Waals surface area contributed by atoms with E-state index in [1.165, 1.54) is 0 Å². The van der Waals surface area contributed by atoms with Gasteiger partial charge in [-0.25, -0.2) is 4.79 Å². The van der Waals surface area contributed by atoms with Gasteiger partial charge >= 0.3 is 5.97 Å². The molecule has 0 amide bonds. The number of aliphatic hydroxyl groups is 1. The average molecular weight is 210 g/mol. The number of carboxylic acid groups (broad SMARTS) is 1. The molecule has 0 bridgehead atoms. The van der Waals surface area contributed by atoms with Crippen LogP contribution in [0.25, 0.3) is 0 Å². The van der Waals surface area contributed by atoms with Crippen LogP contribution in [-0.4, -0.2) is 35.4 Å². The van der Waals surface area contributed by atoms with Crippen LogP contribution in [0.15, 0.2) is 0 Å². The summed E-state index contributed by atoms with van der Waals surface area (Å²) in [6.07, 6.45) is 1.18. The summed E-state index contributed by atoms with van der Waals surface area (Å²) in [7, 11) is 0. The van der Waals surface area contributed by atoms with Crippen molar-refractivity contribution in [3.05, 3.63) is 0 Å². The van der Waals surface area contributed by atoms with Crippen molar-refractivity contribution in [1.29, 1.82) is 0 Å². The van der Waals surface area contributed by atoms with E-state index in [4.69, 9.17) is 10.2 Å². The second kappa shape index (κ2) is 6.18. The smallest absolute Gasteiger partial charge is 0.332 e. The summed E-state index contributed by atoms with van der Waals surface area (Å²) >= 11 is 0. The zero-order chi connectivity index (χ0) is 8.97. The van der Waals surface area contributed by atoms with E-state index < -0.39 is 12.1 Å². The van der Waals surface area contributed by atoms with Crippen molar-refractivity contribution in [3.63, 3.8) is 0 Å². The van der Waals surface area contributed by atoms with E-state index in [9.17, 15) is 4.79 Å². The highest BCUT2D eigenvalue weighted by molar-refractivity contribution is 5.85. The van der Waals surface area contributed by atoms with E-state index in [1.54, 1.807) is 0 Å². The van der Waals surface area contributed by atoms with Crippen molar-refractivity contribution in [2.45, 2.75) is 25.4 Å². The maximum Gasteiger partial charge on any atom is 0.332 e. The first-order valence-electron chi connectivity index (χ1n) is 4.31. The molecule has 5 heteroatoms. The van der Waals surface area contributed by atoms with Gasteiger partial charge in [-0.15, -0.1) is 12.4 Å². The van der Waals surface area contributed by atoms with Gasteiger partial charge in [-0.05, 0) is 38.3 Å². The average Bonchev–Trinajstić information content (AvgIpc) is 2.06. The molecule has 0 radical (unpaired) electrons. The van der Waals surface area contributed by atoms with Crippen LogP contribution >= 0.6 is 12.4 Å². The largest absolute Gasteiger partial charge is 0.479 e. The van der Waals surface area contributed by atoms with Gasteiger partial charge in [0.15, 0.2) is 6.10 Å². The SMILES string of the molecule is Cl.O=C(O)C(O)CC1CCNCC1. The monoisotopic (exact) mass is 209 g/mol. The second-order valence-corrected chi connectivity index (χ2v) is 3.28. The number of aliphatic carboxylic acids is 1. The number of carboxylic acids is 1. The predicted octanol–water partition coefficient (Wildman–Crippen LogP) is 0.243. The van der Waals surface area contributed by atoms with E-state index in [1.807, 2.05) is 0 Å². The molecule has 1 heterocycles. The molecule has 1 fully saturated rings. The second-order valence-electron chi connectivity index (χ2n) is 3.28. The zero-order valence-electron chi connectivity index (χ0n) is 7.40. The van der Waals surface area contributed by atoms with Gasteiger partial charge in [0.05, 0.1) is 0 Å². The minimum atomic E-state index is -1.17. The lowest BCUT2D eigenvalue weighted by atomic mass is 9.92.